The summed E-state index contributed by atoms with van der Waals surface area (Å²) in [7, 11) is 0. The van der Waals surface area contributed by atoms with Crippen LogP contribution in [0.5, 0.6) is 0 Å². The second-order valence-corrected chi connectivity index (χ2v) is 5.08. The number of aliphatic hydroxyl groups excluding tert-OH is 2. The summed E-state index contributed by atoms with van der Waals surface area (Å²) in [5.41, 5.74) is 7.23. The normalized spacial score (nSPS) is 24.5. The topological polar surface area (TPSA) is 118 Å². The van der Waals surface area contributed by atoms with E-state index in [2.05, 4.69) is 21.2 Å². The summed E-state index contributed by atoms with van der Waals surface area (Å²) in [6.45, 7) is 0.0943. The van der Waals surface area contributed by atoms with E-state index in [9.17, 15) is 10.2 Å². The molecule has 3 atom stereocenters. The quantitative estimate of drug-likeness (QED) is 0.573. The van der Waals surface area contributed by atoms with Gasteiger partial charge in [-0.25, -0.2) is 9.97 Å². The fraction of sp³-hybridized carbons (Fsp3) is 0.429. The molecule has 8 heteroatoms. The smallest absolute Gasteiger partial charge is 0.149 e. The fourth-order valence-electron chi connectivity index (χ4n) is 2.66. The molecule has 1 fully saturated rings. The van der Waals surface area contributed by atoms with Crippen molar-refractivity contribution >= 4 is 22.5 Å². The van der Waals surface area contributed by atoms with Gasteiger partial charge in [-0.05, 0) is 0 Å². The monoisotopic (exact) mass is 303 g/mol. The van der Waals surface area contributed by atoms with Gasteiger partial charge >= 0.3 is 0 Å². The number of nitrogens with two attached hydrogens (primary N) is 1. The number of aromatic nitrogens is 3. The van der Waals surface area contributed by atoms with Gasteiger partial charge in [0.15, 0.2) is 0 Å². The van der Waals surface area contributed by atoms with E-state index in [0.29, 0.717) is 35.5 Å². The Bertz CT molecular complexity index is 723. The van der Waals surface area contributed by atoms with Gasteiger partial charge in [-0.3, -0.25) is 0 Å². The van der Waals surface area contributed by atoms with E-state index in [1.807, 2.05) is 0 Å². The molecule has 0 aliphatic carbocycles. The minimum Gasteiger partial charge on any atom is -0.394 e. The number of anilines is 2. The Labute approximate surface area is 126 Å². The van der Waals surface area contributed by atoms with Crippen LogP contribution in [0.3, 0.4) is 0 Å². The molecule has 0 amide bonds. The lowest BCUT2D eigenvalue weighted by molar-refractivity contribution is -0.0430. The largest absolute Gasteiger partial charge is 0.394 e. The first-order valence-electron chi connectivity index (χ1n) is 6.88. The van der Waals surface area contributed by atoms with Gasteiger partial charge in [-0.1, -0.05) is 5.92 Å². The Balaban J connectivity index is 2.04. The van der Waals surface area contributed by atoms with Crippen LogP contribution in [0.2, 0.25) is 0 Å². The number of hydrogen-bond acceptors (Lipinski definition) is 7. The first-order chi connectivity index (χ1) is 10.7. The van der Waals surface area contributed by atoms with E-state index in [1.54, 1.807) is 10.8 Å². The number of ether oxygens (including phenoxy) is 1. The van der Waals surface area contributed by atoms with Crippen LogP contribution in [-0.4, -0.2) is 50.1 Å². The highest BCUT2D eigenvalue weighted by atomic mass is 16.5. The molecule has 0 radical (unpaired) electrons. The van der Waals surface area contributed by atoms with Crippen LogP contribution in [0.1, 0.15) is 12.6 Å². The lowest BCUT2D eigenvalue weighted by Crippen LogP contribution is -2.24. The summed E-state index contributed by atoms with van der Waals surface area (Å²) >= 11 is 0. The highest BCUT2D eigenvalue weighted by Crippen LogP contribution is 2.35. The van der Waals surface area contributed by atoms with Crippen molar-refractivity contribution in [2.45, 2.75) is 24.9 Å². The van der Waals surface area contributed by atoms with Gasteiger partial charge < -0.3 is 30.6 Å². The molecule has 0 spiro atoms. The van der Waals surface area contributed by atoms with E-state index in [1.165, 1.54) is 6.33 Å². The Morgan fingerprint density at radius 3 is 3.05 bits per heavy atom. The number of fused-ring (bicyclic) bond motifs is 1. The number of nitrogens with one attached hydrogen (secondary N) is 1. The molecule has 2 aromatic heterocycles. The number of hydrogen-bond donors (Lipinski definition) is 4. The molecule has 2 aromatic rings. The van der Waals surface area contributed by atoms with Gasteiger partial charge in [0.2, 0.25) is 0 Å². The summed E-state index contributed by atoms with van der Waals surface area (Å²) in [5, 5.41) is 22.8. The third-order valence-corrected chi connectivity index (χ3v) is 3.71. The van der Waals surface area contributed by atoms with Crippen molar-refractivity contribution in [3.8, 4) is 12.3 Å². The van der Waals surface area contributed by atoms with Gasteiger partial charge in [-0.2, -0.15) is 0 Å². The zero-order chi connectivity index (χ0) is 15.7. The summed E-state index contributed by atoms with van der Waals surface area (Å²) < 4.78 is 7.44. The maximum absolute atomic E-state index is 9.90. The molecule has 116 valence electrons. The van der Waals surface area contributed by atoms with Crippen molar-refractivity contribution in [2.24, 2.45) is 0 Å². The summed E-state index contributed by atoms with van der Waals surface area (Å²) in [4.78, 5) is 8.24. The number of terminal acetylenes is 1. The van der Waals surface area contributed by atoms with Crippen LogP contribution in [0.4, 0.5) is 11.5 Å². The van der Waals surface area contributed by atoms with E-state index >= 15 is 0 Å². The molecular formula is C14H17N5O3. The first-order valence-corrected chi connectivity index (χ1v) is 6.88. The van der Waals surface area contributed by atoms with Crippen LogP contribution >= 0.6 is 0 Å². The van der Waals surface area contributed by atoms with Crippen molar-refractivity contribution in [2.75, 3.05) is 24.2 Å². The van der Waals surface area contributed by atoms with E-state index in [0.717, 1.165) is 0 Å². The summed E-state index contributed by atoms with van der Waals surface area (Å²) in [6.07, 6.45) is 7.01. The molecule has 0 aromatic carbocycles. The molecule has 3 rings (SSSR count). The van der Waals surface area contributed by atoms with Gasteiger partial charge in [0.1, 0.15) is 30.1 Å². The SMILES string of the molecule is C#CCNc1cn([C@H]2C[C@H](O)[C@@H](CO)O2)c2ncnc(N)c12. The Morgan fingerprint density at radius 1 is 1.55 bits per heavy atom. The van der Waals surface area contributed by atoms with Crippen molar-refractivity contribution in [1.82, 2.24) is 14.5 Å². The zero-order valence-electron chi connectivity index (χ0n) is 11.8. The minimum atomic E-state index is -0.728. The third kappa shape index (κ3) is 2.35. The molecule has 8 nitrogen and oxygen atoms in total. The molecule has 22 heavy (non-hydrogen) atoms. The first kappa shape index (κ1) is 14.6. The molecule has 0 bridgehead atoms. The van der Waals surface area contributed by atoms with Crippen LogP contribution in [0, 0.1) is 12.3 Å². The van der Waals surface area contributed by atoms with E-state index in [-0.39, 0.29) is 6.61 Å². The average molecular weight is 303 g/mol. The molecule has 1 aliphatic rings. The zero-order valence-corrected chi connectivity index (χ0v) is 11.8. The maximum atomic E-state index is 9.90. The lowest BCUT2D eigenvalue weighted by Gasteiger charge is -2.14. The summed E-state index contributed by atoms with van der Waals surface area (Å²) in [5.74, 6) is 2.83. The molecular weight excluding hydrogens is 286 g/mol. The third-order valence-electron chi connectivity index (χ3n) is 3.71. The molecule has 3 heterocycles. The van der Waals surface area contributed by atoms with Crippen LogP contribution in [0.25, 0.3) is 11.0 Å². The van der Waals surface area contributed by atoms with Crippen molar-refractivity contribution in [1.29, 1.82) is 0 Å². The van der Waals surface area contributed by atoms with E-state index in [4.69, 9.17) is 16.9 Å². The van der Waals surface area contributed by atoms with Crippen LogP contribution < -0.4 is 11.1 Å². The molecule has 0 unspecified atom stereocenters. The lowest BCUT2D eigenvalue weighted by atomic mass is 10.2. The second kappa shape index (κ2) is 5.81. The number of nitrogens with zero attached hydrogens (tertiary/aromatic N) is 3. The number of aliphatic hydroxyl groups is 2. The van der Waals surface area contributed by atoms with Gasteiger partial charge in [-0.15, -0.1) is 6.42 Å². The highest BCUT2D eigenvalue weighted by Gasteiger charge is 2.35. The van der Waals surface area contributed by atoms with Crippen molar-refractivity contribution < 1.29 is 14.9 Å². The van der Waals surface area contributed by atoms with E-state index < -0.39 is 18.4 Å². The predicted molar refractivity (Wildman–Crippen MR) is 80.9 cm³/mol. The molecule has 1 aliphatic heterocycles. The minimum absolute atomic E-state index is 0.240. The Hall–Kier alpha value is -2.34. The predicted octanol–water partition coefficient (Wildman–Crippen LogP) is -0.301. The Kier molecular flexibility index (Phi) is 3.85. The molecule has 5 N–H and O–H groups in total. The van der Waals surface area contributed by atoms with Crippen molar-refractivity contribution in [3.63, 3.8) is 0 Å². The molecule has 0 saturated carbocycles. The standard InChI is InChI=1S/C14H17N5O3/c1-2-3-16-8-5-19(11-4-9(21)10(6-20)22-11)14-12(8)13(15)17-7-18-14/h1,5,7,9-11,16,20-21H,3-4,6H2,(H2,15,17,18)/t9-,10+,11+/m0/s1. The van der Waals surface area contributed by atoms with Gasteiger partial charge in [0.05, 0.1) is 30.3 Å². The van der Waals surface area contributed by atoms with Crippen LogP contribution in [0.15, 0.2) is 12.5 Å². The highest BCUT2D eigenvalue weighted by molar-refractivity contribution is 5.98. The summed E-state index contributed by atoms with van der Waals surface area (Å²) in [6, 6.07) is 0. The average Bonchev–Trinajstić information content (AvgIpc) is 3.06. The second-order valence-electron chi connectivity index (χ2n) is 5.08. The van der Waals surface area contributed by atoms with Crippen LogP contribution in [-0.2, 0) is 4.74 Å². The number of rotatable bonds is 4. The maximum Gasteiger partial charge on any atom is 0.149 e. The number of nitrogen functional groups attached to an aromatic ring is 1. The molecule has 1 saturated heterocycles. The fourth-order valence-corrected chi connectivity index (χ4v) is 2.66. The van der Waals surface area contributed by atoms with Gasteiger partial charge in [0.25, 0.3) is 0 Å². The Morgan fingerprint density at radius 2 is 2.36 bits per heavy atom. The van der Waals surface area contributed by atoms with Crippen molar-refractivity contribution in [3.05, 3.63) is 12.5 Å². The van der Waals surface area contributed by atoms with Gasteiger partial charge in [0, 0.05) is 12.6 Å².